The summed E-state index contributed by atoms with van der Waals surface area (Å²) in [5, 5.41) is 3.87. The van der Waals surface area contributed by atoms with Gasteiger partial charge in [-0.1, -0.05) is 5.16 Å². The van der Waals surface area contributed by atoms with Crippen molar-refractivity contribution in [3.05, 3.63) is 11.7 Å². The van der Waals surface area contributed by atoms with Gasteiger partial charge < -0.3 is 10.3 Å². The maximum atomic E-state index is 5.67. The Morgan fingerprint density at radius 2 is 2.21 bits per heavy atom. The summed E-state index contributed by atoms with van der Waals surface area (Å²) in [6.07, 6.45) is 2.29. The summed E-state index contributed by atoms with van der Waals surface area (Å²) in [4.78, 5) is 4.32. The molecule has 1 aromatic rings. The van der Waals surface area contributed by atoms with Crippen LogP contribution in [0.3, 0.4) is 0 Å². The fourth-order valence-electron chi connectivity index (χ4n) is 1.54. The Morgan fingerprint density at radius 1 is 1.50 bits per heavy atom. The van der Waals surface area contributed by atoms with Crippen molar-refractivity contribution in [1.29, 1.82) is 0 Å². The standard InChI is InChI=1S/C9H15N3OS/c1-6(10)8-11-9(13-12-8)7-2-4-14-5-3-7/h6-7H,2-5,10H2,1H3. The Morgan fingerprint density at radius 3 is 2.79 bits per heavy atom. The van der Waals surface area contributed by atoms with E-state index in [0.29, 0.717) is 11.7 Å². The first-order chi connectivity index (χ1) is 6.77. The van der Waals surface area contributed by atoms with E-state index < -0.39 is 0 Å². The average Bonchev–Trinajstić information content (AvgIpc) is 2.68. The van der Waals surface area contributed by atoms with E-state index >= 15 is 0 Å². The largest absolute Gasteiger partial charge is 0.339 e. The van der Waals surface area contributed by atoms with Gasteiger partial charge in [-0.05, 0) is 31.3 Å². The topological polar surface area (TPSA) is 64.9 Å². The minimum Gasteiger partial charge on any atom is -0.339 e. The van der Waals surface area contributed by atoms with Crippen LogP contribution < -0.4 is 5.73 Å². The van der Waals surface area contributed by atoms with E-state index in [9.17, 15) is 0 Å². The number of nitrogens with two attached hydrogens (primary N) is 1. The molecule has 4 nitrogen and oxygen atoms in total. The van der Waals surface area contributed by atoms with Crippen molar-refractivity contribution in [3.8, 4) is 0 Å². The third kappa shape index (κ3) is 2.09. The summed E-state index contributed by atoms with van der Waals surface area (Å²) in [5.41, 5.74) is 5.67. The molecule has 2 heterocycles. The van der Waals surface area contributed by atoms with Crippen LogP contribution in [0, 0.1) is 0 Å². The highest BCUT2D eigenvalue weighted by Crippen LogP contribution is 2.30. The van der Waals surface area contributed by atoms with E-state index in [0.717, 1.165) is 18.7 Å². The highest BCUT2D eigenvalue weighted by Gasteiger charge is 2.22. The number of nitrogens with zero attached hydrogens (tertiary/aromatic N) is 2. The van der Waals surface area contributed by atoms with Crippen molar-refractivity contribution in [2.45, 2.75) is 31.7 Å². The van der Waals surface area contributed by atoms with Crippen molar-refractivity contribution >= 4 is 11.8 Å². The Bertz CT molecular complexity index is 294. The molecule has 1 fully saturated rings. The van der Waals surface area contributed by atoms with E-state index in [1.807, 2.05) is 18.7 Å². The van der Waals surface area contributed by atoms with Crippen molar-refractivity contribution < 1.29 is 4.52 Å². The van der Waals surface area contributed by atoms with Gasteiger partial charge in [-0.25, -0.2) is 0 Å². The second kappa shape index (κ2) is 4.31. The van der Waals surface area contributed by atoms with Gasteiger partial charge in [0.25, 0.3) is 0 Å². The molecule has 2 rings (SSSR count). The number of thioether (sulfide) groups is 1. The van der Waals surface area contributed by atoms with Gasteiger partial charge in [-0.2, -0.15) is 16.7 Å². The van der Waals surface area contributed by atoms with Crippen molar-refractivity contribution in [3.63, 3.8) is 0 Å². The van der Waals surface area contributed by atoms with Gasteiger partial charge in [0.15, 0.2) is 5.82 Å². The van der Waals surface area contributed by atoms with E-state index in [4.69, 9.17) is 10.3 Å². The van der Waals surface area contributed by atoms with Crippen LogP contribution in [0.1, 0.15) is 43.4 Å². The smallest absolute Gasteiger partial charge is 0.229 e. The van der Waals surface area contributed by atoms with Gasteiger partial charge in [0.2, 0.25) is 5.89 Å². The van der Waals surface area contributed by atoms with Crippen LogP contribution in [0.4, 0.5) is 0 Å². The lowest BCUT2D eigenvalue weighted by atomic mass is 10.0. The summed E-state index contributed by atoms with van der Waals surface area (Å²) in [6, 6.07) is -0.134. The molecule has 1 aromatic heterocycles. The Balaban J connectivity index is 2.07. The molecule has 1 atom stereocenters. The van der Waals surface area contributed by atoms with Gasteiger partial charge in [-0.3, -0.25) is 0 Å². The lowest BCUT2D eigenvalue weighted by Gasteiger charge is -2.16. The SMILES string of the molecule is CC(N)c1noc(C2CCSCC2)n1. The van der Waals surface area contributed by atoms with Crippen molar-refractivity contribution in [2.75, 3.05) is 11.5 Å². The molecule has 78 valence electrons. The molecule has 1 aliphatic heterocycles. The number of rotatable bonds is 2. The molecule has 2 N–H and O–H groups in total. The third-order valence-corrected chi connectivity index (χ3v) is 3.48. The van der Waals surface area contributed by atoms with Gasteiger partial charge in [-0.15, -0.1) is 0 Å². The second-order valence-electron chi connectivity index (χ2n) is 3.67. The summed E-state index contributed by atoms with van der Waals surface area (Å²) < 4.78 is 5.22. The summed E-state index contributed by atoms with van der Waals surface area (Å²) in [7, 11) is 0. The number of hydrogen-bond acceptors (Lipinski definition) is 5. The normalized spacial score (nSPS) is 21.0. The first-order valence-electron chi connectivity index (χ1n) is 4.94. The van der Waals surface area contributed by atoms with Crippen LogP contribution in [-0.2, 0) is 0 Å². The second-order valence-corrected chi connectivity index (χ2v) is 4.89. The quantitative estimate of drug-likeness (QED) is 0.810. The zero-order valence-electron chi connectivity index (χ0n) is 8.27. The molecule has 0 aromatic carbocycles. The average molecular weight is 213 g/mol. The summed E-state index contributed by atoms with van der Waals surface area (Å²) >= 11 is 1.99. The highest BCUT2D eigenvalue weighted by atomic mass is 32.2. The molecule has 1 aliphatic rings. The summed E-state index contributed by atoms with van der Waals surface area (Å²) in [5.74, 6) is 4.24. The predicted molar refractivity (Wildman–Crippen MR) is 56.2 cm³/mol. The fourth-order valence-corrected chi connectivity index (χ4v) is 2.65. The van der Waals surface area contributed by atoms with Crippen LogP contribution in [0.2, 0.25) is 0 Å². The van der Waals surface area contributed by atoms with E-state index in [1.165, 1.54) is 11.5 Å². The molecule has 1 unspecified atom stereocenters. The molecule has 14 heavy (non-hydrogen) atoms. The van der Waals surface area contributed by atoms with Crippen LogP contribution in [-0.4, -0.2) is 21.6 Å². The summed E-state index contributed by atoms with van der Waals surface area (Å²) in [6.45, 7) is 1.87. The molecule has 1 saturated heterocycles. The first-order valence-corrected chi connectivity index (χ1v) is 6.09. The minimum absolute atomic E-state index is 0.134. The van der Waals surface area contributed by atoms with Gasteiger partial charge >= 0.3 is 0 Å². The van der Waals surface area contributed by atoms with Gasteiger partial charge in [0.1, 0.15) is 0 Å². The van der Waals surface area contributed by atoms with Crippen LogP contribution in [0.15, 0.2) is 4.52 Å². The van der Waals surface area contributed by atoms with Gasteiger partial charge in [0.05, 0.1) is 6.04 Å². The molecule has 0 radical (unpaired) electrons. The Labute approximate surface area is 87.6 Å². The molecule has 0 aliphatic carbocycles. The maximum absolute atomic E-state index is 5.67. The highest BCUT2D eigenvalue weighted by molar-refractivity contribution is 7.99. The monoisotopic (exact) mass is 213 g/mol. The first kappa shape index (κ1) is 9.98. The molecular formula is C9H15N3OS. The predicted octanol–water partition coefficient (Wildman–Crippen LogP) is 1.70. The zero-order chi connectivity index (χ0) is 9.97. The molecule has 0 bridgehead atoms. The number of hydrogen-bond donors (Lipinski definition) is 1. The molecule has 0 amide bonds. The van der Waals surface area contributed by atoms with E-state index in [1.54, 1.807) is 0 Å². The maximum Gasteiger partial charge on any atom is 0.229 e. The third-order valence-electron chi connectivity index (χ3n) is 2.44. The zero-order valence-corrected chi connectivity index (χ0v) is 9.09. The minimum atomic E-state index is -0.134. The molecule has 0 spiro atoms. The Hall–Kier alpha value is -0.550. The molecule has 0 saturated carbocycles. The van der Waals surface area contributed by atoms with Crippen molar-refractivity contribution in [2.24, 2.45) is 5.73 Å². The van der Waals surface area contributed by atoms with E-state index in [2.05, 4.69) is 10.1 Å². The number of aromatic nitrogens is 2. The van der Waals surface area contributed by atoms with Crippen molar-refractivity contribution in [1.82, 2.24) is 10.1 Å². The van der Waals surface area contributed by atoms with Gasteiger partial charge in [0, 0.05) is 5.92 Å². The molecule has 5 heteroatoms. The van der Waals surface area contributed by atoms with Crippen LogP contribution in [0.5, 0.6) is 0 Å². The fraction of sp³-hybridized carbons (Fsp3) is 0.778. The van der Waals surface area contributed by atoms with Crippen LogP contribution in [0.25, 0.3) is 0 Å². The Kier molecular flexibility index (Phi) is 3.08. The van der Waals surface area contributed by atoms with E-state index in [-0.39, 0.29) is 6.04 Å². The lowest BCUT2D eigenvalue weighted by molar-refractivity contribution is 0.341. The molecular weight excluding hydrogens is 198 g/mol. The lowest BCUT2D eigenvalue weighted by Crippen LogP contribution is -2.10. The van der Waals surface area contributed by atoms with Crippen LogP contribution >= 0.6 is 11.8 Å².